The van der Waals surface area contributed by atoms with Crippen LogP contribution in [0.1, 0.15) is 23.6 Å². The minimum absolute atomic E-state index is 0.409. The summed E-state index contributed by atoms with van der Waals surface area (Å²) in [6.45, 7) is 5.32. The average molecular weight is 187 g/mol. The predicted octanol–water partition coefficient (Wildman–Crippen LogP) is 3.45. The third-order valence-corrected chi connectivity index (χ3v) is 1.79. The van der Waals surface area contributed by atoms with Crippen molar-refractivity contribution in [2.24, 2.45) is 0 Å². The third kappa shape index (κ3) is 2.47. The maximum atomic E-state index is 12.3. The van der Waals surface area contributed by atoms with Crippen molar-refractivity contribution in [1.82, 2.24) is 0 Å². The van der Waals surface area contributed by atoms with Gasteiger partial charge in [-0.3, -0.25) is 0 Å². The largest absolute Gasteiger partial charge is 0.416 e. The first-order chi connectivity index (χ1) is 5.93. The monoisotopic (exact) mass is 187 g/mol. The van der Waals surface area contributed by atoms with Crippen molar-refractivity contribution < 1.29 is 13.2 Å². The van der Waals surface area contributed by atoms with Crippen molar-refractivity contribution in [1.29, 1.82) is 0 Å². The molecule has 0 bridgehead atoms. The summed E-state index contributed by atoms with van der Waals surface area (Å²) in [5, 5.41) is 0. The van der Waals surface area contributed by atoms with Gasteiger partial charge in [0.25, 0.3) is 0 Å². The summed E-state index contributed by atoms with van der Waals surface area (Å²) in [6.07, 6.45) is -3.68. The molecule has 0 saturated heterocycles. The van der Waals surface area contributed by atoms with E-state index in [1.165, 1.54) is 0 Å². The molecule has 0 atom stereocenters. The molecule has 0 N–H and O–H groups in total. The fourth-order valence-corrected chi connectivity index (χ4v) is 1.13. The molecule has 0 unspecified atom stereocenters. The van der Waals surface area contributed by atoms with E-state index in [1.54, 1.807) is 6.07 Å². The van der Waals surface area contributed by atoms with Gasteiger partial charge in [0.15, 0.2) is 0 Å². The van der Waals surface area contributed by atoms with Gasteiger partial charge in [0.2, 0.25) is 0 Å². The smallest absolute Gasteiger partial charge is 0.166 e. The van der Waals surface area contributed by atoms with Crippen molar-refractivity contribution in [3.05, 3.63) is 41.8 Å². The Morgan fingerprint density at radius 2 is 1.85 bits per heavy atom. The first kappa shape index (κ1) is 10.1. The Labute approximate surface area is 75.4 Å². The van der Waals surface area contributed by atoms with Crippen molar-refractivity contribution in [3.8, 4) is 0 Å². The molecule has 0 fully saturated rings. The maximum Gasteiger partial charge on any atom is 0.416 e. The summed E-state index contributed by atoms with van der Waals surface area (Å²) in [6, 6.07) is 3.88. The first-order valence-corrected chi connectivity index (χ1v) is 3.96. The van der Waals surface area contributed by atoms with Crippen LogP contribution in [0.4, 0.5) is 13.2 Å². The zero-order valence-corrected chi connectivity index (χ0v) is 7.28. The van der Waals surface area contributed by atoms with Crippen LogP contribution >= 0.6 is 0 Å². The van der Waals surface area contributed by atoms with Crippen LogP contribution in [0.25, 0.3) is 0 Å². The van der Waals surface area contributed by atoms with E-state index in [0.717, 1.165) is 12.1 Å². The molecule has 1 aromatic carbocycles. The molecule has 0 aliphatic heterocycles. The Morgan fingerprint density at radius 1 is 1.23 bits per heavy atom. The van der Waals surface area contributed by atoms with E-state index in [0.29, 0.717) is 17.5 Å². The molecule has 3 heteroatoms. The molecular formula is C10H10F3. The second-order valence-corrected chi connectivity index (χ2v) is 2.89. The van der Waals surface area contributed by atoms with Crippen molar-refractivity contribution in [3.63, 3.8) is 0 Å². The van der Waals surface area contributed by atoms with Crippen LogP contribution in [0, 0.1) is 6.92 Å². The van der Waals surface area contributed by atoms with Gasteiger partial charge >= 0.3 is 6.18 Å². The lowest BCUT2D eigenvalue weighted by atomic mass is 10.0. The van der Waals surface area contributed by atoms with Crippen LogP contribution in [0.2, 0.25) is 0 Å². The Kier molecular flexibility index (Phi) is 2.64. The van der Waals surface area contributed by atoms with E-state index in [1.807, 2.05) is 6.92 Å². The van der Waals surface area contributed by atoms with E-state index < -0.39 is 11.7 Å². The minimum Gasteiger partial charge on any atom is -0.166 e. The number of rotatable bonds is 1. The summed E-state index contributed by atoms with van der Waals surface area (Å²) in [5.41, 5.74) is 0.461. The lowest BCUT2D eigenvalue weighted by Gasteiger charge is -2.09. The molecule has 0 nitrogen and oxygen atoms in total. The van der Waals surface area contributed by atoms with Crippen LogP contribution in [0.5, 0.6) is 0 Å². The summed E-state index contributed by atoms with van der Waals surface area (Å²) >= 11 is 0. The SMILES string of the molecule is [CH2]c1cc(CC)cc(C(F)(F)F)c1. The number of halogens is 3. The Hall–Kier alpha value is -0.990. The normalized spacial score (nSPS) is 11.8. The summed E-state index contributed by atoms with van der Waals surface area (Å²) in [4.78, 5) is 0. The van der Waals surface area contributed by atoms with Gasteiger partial charge in [0.05, 0.1) is 5.56 Å². The summed E-state index contributed by atoms with van der Waals surface area (Å²) < 4.78 is 36.8. The van der Waals surface area contributed by atoms with E-state index >= 15 is 0 Å². The van der Waals surface area contributed by atoms with Gasteiger partial charge in [0, 0.05) is 0 Å². The standard InChI is InChI=1S/C10H10F3/c1-3-8-4-7(2)5-9(6-8)10(11,12)13/h4-6H,2-3H2,1H3. The van der Waals surface area contributed by atoms with Gasteiger partial charge < -0.3 is 0 Å². The molecule has 0 saturated carbocycles. The van der Waals surface area contributed by atoms with Crippen LogP contribution in [0.15, 0.2) is 18.2 Å². The highest BCUT2D eigenvalue weighted by Crippen LogP contribution is 2.30. The van der Waals surface area contributed by atoms with Crippen molar-refractivity contribution in [2.75, 3.05) is 0 Å². The molecule has 0 aromatic heterocycles. The second-order valence-electron chi connectivity index (χ2n) is 2.89. The lowest BCUT2D eigenvalue weighted by molar-refractivity contribution is -0.137. The molecule has 1 rings (SSSR count). The van der Waals surface area contributed by atoms with Gasteiger partial charge in [-0.1, -0.05) is 13.0 Å². The van der Waals surface area contributed by atoms with Crippen molar-refractivity contribution >= 4 is 0 Å². The molecule has 71 valence electrons. The quantitative estimate of drug-likeness (QED) is 0.631. The van der Waals surface area contributed by atoms with E-state index in [-0.39, 0.29) is 0 Å². The van der Waals surface area contributed by atoms with Crippen LogP contribution in [-0.2, 0) is 12.6 Å². The zero-order chi connectivity index (χ0) is 10.1. The number of benzene rings is 1. The molecular weight excluding hydrogens is 177 g/mol. The van der Waals surface area contributed by atoms with Gasteiger partial charge in [-0.25, -0.2) is 0 Å². The Balaban J connectivity index is 3.16. The topological polar surface area (TPSA) is 0 Å². The number of aryl methyl sites for hydroxylation is 1. The van der Waals surface area contributed by atoms with E-state index in [9.17, 15) is 13.2 Å². The second kappa shape index (κ2) is 3.40. The van der Waals surface area contributed by atoms with Crippen LogP contribution in [-0.4, -0.2) is 0 Å². The summed E-state index contributed by atoms with van der Waals surface area (Å²) in [5.74, 6) is 0. The lowest BCUT2D eigenvalue weighted by Crippen LogP contribution is -2.05. The predicted molar refractivity (Wildman–Crippen MR) is 45.3 cm³/mol. The molecule has 0 amide bonds. The van der Waals surface area contributed by atoms with Crippen LogP contribution in [0.3, 0.4) is 0 Å². The van der Waals surface area contributed by atoms with Gasteiger partial charge in [-0.15, -0.1) is 0 Å². The first-order valence-electron chi connectivity index (χ1n) is 3.96. The minimum atomic E-state index is -4.27. The van der Waals surface area contributed by atoms with Gasteiger partial charge in [-0.2, -0.15) is 13.2 Å². The third-order valence-electron chi connectivity index (χ3n) is 1.79. The Morgan fingerprint density at radius 3 is 2.31 bits per heavy atom. The number of hydrogen-bond donors (Lipinski definition) is 0. The number of alkyl halides is 3. The highest BCUT2D eigenvalue weighted by atomic mass is 19.4. The molecule has 0 aliphatic rings. The zero-order valence-electron chi connectivity index (χ0n) is 7.28. The average Bonchev–Trinajstić information content (AvgIpc) is 2.01. The highest BCUT2D eigenvalue weighted by Gasteiger charge is 2.30. The fraction of sp³-hybridized carbons (Fsp3) is 0.300. The highest BCUT2D eigenvalue weighted by molar-refractivity contribution is 5.33. The number of hydrogen-bond acceptors (Lipinski definition) is 0. The molecule has 1 radical (unpaired) electrons. The molecule has 13 heavy (non-hydrogen) atoms. The summed E-state index contributed by atoms with van der Waals surface area (Å²) in [7, 11) is 0. The molecule has 0 heterocycles. The van der Waals surface area contributed by atoms with Crippen LogP contribution < -0.4 is 0 Å². The molecule has 1 aromatic rings. The fourth-order valence-electron chi connectivity index (χ4n) is 1.13. The Bertz CT molecular complexity index is 300. The van der Waals surface area contributed by atoms with Gasteiger partial charge in [-0.05, 0) is 36.6 Å². The maximum absolute atomic E-state index is 12.3. The molecule has 0 aliphatic carbocycles. The van der Waals surface area contributed by atoms with E-state index in [4.69, 9.17) is 0 Å². The van der Waals surface area contributed by atoms with E-state index in [2.05, 4.69) is 6.92 Å². The van der Waals surface area contributed by atoms with Crippen molar-refractivity contribution in [2.45, 2.75) is 19.5 Å². The van der Waals surface area contributed by atoms with Gasteiger partial charge in [0.1, 0.15) is 0 Å². The molecule has 0 spiro atoms.